The van der Waals surface area contributed by atoms with Crippen LogP contribution in [0, 0.1) is 52.8 Å². The van der Waals surface area contributed by atoms with Crippen LogP contribution in [0.25, 0.3) is 0 Å². The van der Waals surface area contributed by atoms with Gasteiger partial charge in [-0.25, -0.2) is 0 Å². The zero-order valence-electron chi connectivity index (χ0n) is 18.9. The molecule has 0 bridgehead atoms. The minimum atomic E-state index is 0.542. The third-order valence-electron chi connectivity index (χ3n) is 10.1. The van der Waals surface area contributed by atoms with Crippen LogP contribution in [0.5, 0.6) is 0 Å². The highest BCUT2D eigenvalue weighted by Crippen LogP contribution is 2.67. The predicted molar refractivity (Wildman–Crippen MR) is 117 cm³/mol. The monoisotopic (exact) mass is 369 g/mol. The molecule has 0 N–H and O–H groups in total. The van der Waals surface area contributed by atoms with Crippen molar-refractivity contribution in [1.29, 1.82) is 0 Å². The van der Waals surface area contributed by atoms with Gasteiger partial charge in [-0.15, -0.1) is 0 Å². The van der Waals surface area contributed by atoms with Crippen LogP contribution in [-0.4, -0.2) is 0 Å². The summed E-state index contributed by atoms with van der Waals surface area (Å²) in [6, 6.07) is 0. The van der Waals surface area contributed by atoms with Crippen molar-refractivity contribution in [3.8, 4) is 0 Å². The van der Waals surface area contributed by atoms with Gasteiger partial charge in [0.2, 0.25) is 0 Å². The maximum Gasteiger partial charge on any atom is -0.00851 e. The Morgan fingerprint density at radius 3 is 2.59 bits per heavy atom. The van der Waals surface area contributed by atoms with E-state index in [-0.39, 0.29) is 0 Å². The number of hydrogen-bond donors (Lipinski definition) is 0. The molecule has 4 aliphatic rings. The molecule has 0 aromatic carbocycles. The average Bonchev–Trinajstić information content (AvgIpc) is 2.98. The van der Waals surface area contributed by atoms with Gasteiger partial charge in [-0.1, -0.05) is 65.5 Å². The van der Waals surface area contributed by atoms with Gasteiger partial charge in [-0.05, 0) is 104 Å². The Morgan fingerprint density at radius 2 is 1.81 bits per heavy atom. The summed E-state index contributed by atoms with van der Waals surface area (Å²) in [4.78, 5) is 0. The maximum atomic E-state index is 2.72. The van der Waals surface area contributed by atoms with Gasteiger partial charge in [0, 0.05) is 0 Å². The maximum absolute atomic E-state index is 2.72. The van der Waals surface area contributed by atoms with Gasteiger partial charge in [0.15, 0.2) is 0 Å². The summed E-state index contributed by atoms with van der Waals surface area (Å²) < 4.78 is 0. The lowest BCUT2D eigenvalue weighted by Gasteiger charge is -2.58. The molecule has 0 heteroatoms. The summed E-state index contributed by atoms with van der Waals surface area (Å²) >= 11 is 0. The Balaban J connectivity index is 1.49. The highest BCUT2D eigenvalue weighted by atomic mass is 14.6. The van der Waals surface area contributed by atoms with Crippen molar-refractivity contribution in [3.05, 3.63) is 18.1 Å². The zero-order chi connectivity index (χ0) is 19.2. The van der Waals surface area contributed by atoms with Gasteiger partial charge in [0.25, 0.3) is 0 Å². The molecular weight excluding hydrogens is 324 g/mol. The third-order valence-corrected chi connectivity index (χ3v) is 10.1. The number of rotatable bonds is 5. The third kappa shape index (κ3) is 3.36. The van der Waals surface area contributed by atoms with Gasteiger partial charge in [-0.2, -0.15) is 0 Å². The fourth-order valence-corrected chi connectivity index (χ4v) is 8.50. The highest BCUT2D eigenvalue weighted by Gasteiger charge is 2.58. The molecule has 7 unspecified atom stereocenters. The number of hydrogen-bond acceptors (Lipinski definition) is 0. The molecule has 0 heterocycles. The zero-order valence-corrected chi connectivity index (χ0v) is 18.9. The first-order valence-electron chi connectivity index (χ1n) is 12.4. The van der Waals surface area contributed by atoms with E-state index in [1.165, 1.54) is 70.6 Å². The van der Waals surface area contributed by atoms with E-state index < -0.39 is 0 Å². The largest absolute Gasteiger partial charge is 0.0845 e. The van der Waals surface area contributed by atoms with Crippen molar-refractivity contribution < 1.29 is 0 Å². The second-order valence-electron chi connectivity index (χ2n) is 11.8. The van der Waals surface area contributed by atoms with E-state index in [2.05, 4.69) is 47.1 Å². The average molecular weight is 370 g/mol. The highest BCUT2D eigenvalue weighted by molar-refractivity contribution is 5.26. The molecule has 1 radical (unpaired) electrons. The molecule has 4 aliphatic carbocycles. The van der Waals surface area contributed by atoms with Crippen LogP contribution < -0.4 is 0 Å². The SMILES string of the molecule is CC(C)CCCC(C)C1CCC2C3CC=C4C[CH]CCC4(C)C3CCC12C. The minimum absolute atomic E-state index is 0.542. The van der Waals surface area contributed by atoms with Crippen molar-refractivity contribution in [2.24, 2.45) is 46.3 Å². The predicted octanol–water partition coefficient (Wildman–Crippen LogP) is 8.23. The smallest absolute Gasteiger partial charge is 0.00851 e. The second kappa shape index (κ2) is 7.53. The lowest BCUT2D eigenvalue weighted by Crippen LogP contribution is -2.50. The molecule has 3 saturated carbocycles. The van der Waals surface area contributed by atoms with Crippen LogP contribution in [0.15, 0.2) is 11.6 Å². The first-order valence-corrected chi connectivity index (χ1v) is 12.4. The van der Waals surface area contributed by atoms with Crippen LogP contribution in [0.3, 0.4) is 0 Å². The molecule has 27 heavy (non-hydrogen) atoms. The van der Waals surface area contributed by atoms with E-state index in [9.17, 15) is 0 Å². The van der Waals surface area contributed by atoms with Gasteiger partial charge < -0.3 is 0 Å². The second-order valence-corrected chi connectivity index (χ2v) is 11.8. The van der Waals surface area contributed by atoms with Crippen LogP contribution in [0.1, 0.15) is 105 Å². The van der Waals surface area contributed by atoms with E-state index in [1.807, 2.05) is 5.57 Å². The van der Waals surface area contributed by atoms with E-state index >= 15 is 0 Å². The normalized spacial score (nSPS) is 45.0. The van der Waals surface area contributed by atoms with Crippen molar-refractivity contribution in [2.45, 2.75) is 105 Å². The summed E-state index contributed by atoms with van der Waals surface area (Å²) in [6.07, 6.45) is 21.2. The van der Waals surface area contributed by atoms with Crippen molar-refractivity contribution >= 4 is 0 Å². The van der Waals surface area contributed by atoms with Crippen LogP contribution in [0.4, 0.5) is 0 Å². The molecule has 0 spiro atoms. The molecule has 0 aromatic heterocycles. The molecule has 4 rings (SSSR count). The molecule has 0 amide bonds. The van der Waals surface area contributed by atoms with Crippen LogP contribution >= 0.6 is 0 Å². The molecule has 153 valence electrons. The molecule has 0 aliphatic heterocycles. The summed E-state index contributed by atoms with van der Waals surface area (Å²) in [5.74, 6) is 5.78. The Bertz CT molecular complexity index is 556. The summed E-state index contributed by atoms with van der Waals surface area (Å²) in [5.41, 5.74) is 3.00. The first kappa shape index (κ1) is 20.0. The Hall–Kier alpha value is -0.260. The van der Waals surface area contributed by atoms with E-state index in [0.717, 1.165) is 35.5 Å². The molecular formula is C27H45. The van der Waals surface area contributed by atoms with E-state index in [4.69, 9.17) is 0 Å². The molecule has 0 aromatic rings. The molecule has 0 nitrogen and oxygen atoms in total. The van der Waals surface area contributed by atoms with Crippen molar-refractivity contribution in [2.75, 3.05) is 0 Å². The topological polar surface area (TPSA) is 0 Å². The Morgan fingerprint density at radius 1 is 1.00 bits per heavy atom. The van der Waals surface area contributed by atoms with Gasteiger partial charge in [-0.3, -0.25) is 0 Å². The fourth-order valence-electron chi connectivity index (χ4n) is 8.50. The Kier molecular flexibility index (Phi) is 5.59. The van der Waals surface area contributed by atoms with E-state index in [1.54, 1.807) is 0 Å². The Labute approximate surface area is 170 Å². The van der Waals surface area contributed by atoms with E-state index in [0.29, 0.717) is 10.8 Å². The van der Waals surface area contributed by atoms with Crippen molar-refractivity contribution in [3.63, 3.8) is 0 Å². The van der Waals surface area contributed by atoms with Gasteiger partial charge >= 0.3 is 0 Å². The minimum Gasteiger partial charge on any atom is -0.0845 e. The molecule has 7 atom stereocenters. The summed E-state index contributed by atoms with van der Waals surface area (Å²) in [6.45, 7) is 12.7. The summed E-state index contributed by atoms with van der Waals surface area (Å²) in [7, 11) is 0. The molecule has 0 saturated heterocycles. The van der Waals surface area contributed by atoms with Crippen molar-refractivity contribution in [1.82, 2.24) is 0 Å². The lowest BCUT2D eigenvalue weighted by molar-refractivity contribution is -0.0483. The van der Waals surface area contributed by atoms with Crippen LogP contribution in [-0.2, 0) is 0 Å². The van der Waals surface area contributed by atoms with Gasteiger partial charge in [0.1, 0.15) is 0 Å². The first-order chi connectivity index (χ1) is 12.9. The summed E-state index contributed by atoms with van der Waals surface area (Å²) in [5, 5.41) is 0. The number of fused-ring (bicyclic) bond motifs is 5. The standard InChI is InChI=1S/C27H45/c1-19(2)9-8-10-20(3)23-14-15-24-22-13-12-21-11-6-7-17-26(21,4)25(22)16-18-27(23,24)5/h6,12,19-20,22-25H,7-11,13-18H2,1-5H3. The lowest BCUT2D eigenvalue weighted by atomic mass is 9.47. The number of allylic oxidation sites excluding steroid dienone is 2. The molecule has 3 fully saturated rings. The van der Waals surface area contributed by atoms with Crippen LogP contribution in [0.2, 0.25) is 0 Å². The quantitative estimate of drug-likeness (QED) is 0.428. The fraction of sp³-hybridized carbons (Fsp3) is 0.889. The van der Waals surface area contributed by atoms with Gasteiger partial charge in [0.05, 0.1) is 0 Å².